The number of aromatic nitrogens is 2. The fourth-order valence-electron chi connectivity index (χ4n) is 5.97. The minimum atomic E-state index is -4.95. The van der Waals surface area contributed by atoms with E-state index in [0.717, 1.165) is 6.07 Å². The van der Waals surface area contributed by atoms with Crippen molar-refractivity contribution < 1.29 is 26.3 Å². The third kappa shape index (κ3) is 3.70. The SMILES string of the molecule is N#Cc1cc(C#N)c(-n2c3ccccc3c3ccc4c(c5ccccc5n4-c4c(F)cc(F)cc4F)c32)c(C(F)(F)F)c1. The summed E-state index contributed by atoms with van der Waals surface area (Å²) in [7, 11) is 0. The Labute approximate surface area is 238 Å². The van der Waals surface area contributed by atoms with Gasteiger partial charge in [0.15, 0.2) is 11.6 Å². The minimum absolute atomic E-state index is 0.239. The Morgan fingerprint density at radius 2 is 1.23 bits per heavy atom. The minimum Gasteiger partial charge on any atom is -0.307 e. The van der Waals surface area contributed by atoms with Crippen LogP contribution in [0.5, 0.6) is 0 Å². The van der Waals surface area contributed by atoms with Crippen molar-refractivity contribution >= 4 is 43.6 Å². The van der Waals surface area contributed by atoms with Crippen LogP contribution < -0.4 is 0 Å². The lowest BCUT2D eigenvalue weighted by molar-refractivity contribution is -0.137. The lowest BCUT2D eigenvalue weighted by atomic mass is 10.0. The van der Waals surface area contributed by atoms with E-state index in [4.69, 9.17) is 0 Å². The largest absolute Gasteiger partial charge is 0.418 e. The molecule has 0 bridgehead atoms. The number of fused-ring (bicyclic) bond motifs is 7. The number of rotatable bonds is 2. The van der Waals surface area contributed by atoms with Crippen molar-refractivity contribution in [1.82, 2.24) is 9.13 Å². The van der Waals surface area contributed by atoms with Crippen molar-refractivity contribution in [1.29, 1.82) is 10.5 Å². The maximum absolute atomic E-state index is 15.2. The van der Waals surface area contributed by atoms with E-state index in [9.17, 15) is 28.1 Å². The molecule has 2 aromatic heterocycles. The number of halogens is 6. The van der Waals surface area contributed by atoms with Gasteiger partial charge in [0.05, 0.1) is 50.5 Å². The molecule has 0 atom stereocenters. The molecular formula is C33H14F6N4. The zero-order chi connectivity index (χ0) is 30.2. The monoisotopic (exact) mass is 580 g/mol. The highest BCUT2D eigenvalue weighted by Crippen LogP contribution is 2.45. The quantitative estimate of drug-likeness (QED) is 0.192. The van der Waals surface area contributed by atoms with E-state index >= 15 is 8.78 Å². The van der Waals surface area contributed by atoms with Gasteiger partial charge in [0.25, 0.3) is 0 Å². The molecule has 7 aromatic rings. The Hall–Kier alpha value is -5.74. The highest BCUT2D eigenvalue weighted by Gasteiger charge is 2.37. The smallest absolute Gasteiger partial charge is 0.307 e. The van der Waals surface area contributed by atoms with E-state index in [1.54, 1.807) is 66.7 Å². The van der Waals surface area contributed by atoms with Crippen molar-refractivity contribution in [2.24, 2.45) is 0 Å². The van der Waals surface area contributed by atoms with E-state index in [0.29, 0.717) is 50.8 Å². The standard InChI is InChI=1S/C33H14F6N4/c34-19-13-24(35)32(25(36)14-19)42-27-8-4-2-6-22(27)29-28(42)10-9-21-20-5-1-3-7-26(20)43(31(21)29)30-18(16-41)11-17(15-40)12-23(30)33(37,38)39/h1-14H. The fraction of sp³-hybridized carbons (Fsp3) is 0.0303. The van der Waals surface area contributed by atoms with Crippen LogP contribution in [0.3, 0.4) is 0 Å². The van der Waals surface area contributed by atoms with Crippen molar-refractivity contribution in [3.63, 3.8) is 0 Å². The molecule has 0 unspecified atom stereocenters. The molecule has 0 spiro atoms. The topological polar surface area (TPSA) is 57.4 Å². The summed E-state index contributed by atoms with van der Waals surface area (Å²) in [6.45, 7) is 0. The molecule has 0 aliphatic rings. The Balaban J connectivity index is 1.78. The molecule has 43 heavy (non-hydrogen) atoms. The summed E-state index contributed by atoms with van der Waals surface area (Å²) in [5.41, 5.74) is -1.79. The molecule has 2 heterocycles. The first-order chi connectivity index (χ1) is 20.6. The number of hydrogen-bond donors (Lipinski definition) is 0. The maximum Gasteiger partial charge on any atom is 0.418 e. The molecule has 0 aliphatic heterocycles. The first kappa shape index (κ1) is 26.2. The summed E-state index contributed by atoms with van der Waals surface area (Å²) in [5.74, 6) is -3.44. The van der Waals surface area contributed by atoms with Crippen LogP contribution in [0.4, 0.5) is 26.3 Å². The van der Waals surface area contributed by atoms with Gasteiger partial charge in [-0.2, -0.15) is 23.7 Å². The Morgan fingerprint density at radius 1 is 0.605 bits per heavy atom. The van der Waals surface area contributed by atoms with Gasteiger partial charge in [-0.05, 0) is 30.3 Å². The van der Waals surface area contributed by atoms with Gasteiger partial charge in [-0.3, -0.25) is 0 Å². The van der Waals surface area contributed by atoms with Crippen LogP contribution >= 0.6 is 0 Å². The summed E-state index contributed by atoms with van der Waals surface area (Å²) < 4.78 is 90.8. The molecule has 7 rings (SSSR count). The van der Waals surface area contributed by atoms with Crippen LogP contribution in [0, 0.1) is 40.1 Å². The van der Waals surface area contributed by atoms with Crippen LogP contribution in [0.15, 0.2) is 84.9 Å². The second-order valence-electron chi connectivity index (χ2n) is 9.92. The first-order valence-corrected chi connectivity index (χ1v) is 12.8. The molecule has 0 aliphatic carbocycles. The molecule has 0 fully saturated rings. The van der Waals surface area contributed by atoms with Gasteiger partial charge in [0, 0.05) is 33.7 Å². The second-order valence-corrected chi connectivity index (χ2v) is 9.92. The summed E-state index contributed by atoms with van der Waals surface area (Å²) >= 11 is 0. The number of nitrogens with zero attached hydrogens (tertiary/aromatic N) is 4. The van der Waals surface area contributed by atoms with Gasteiger partial charge in [0.2, 0.25) is 0 Å². The van der Waals surface area contributed by atoms with Crippen LogP contribution in [-0.4, -0.2) is 9.13 Å². The fourth-order valence-corrected chi connectivity index (χ4v) is 5.97. The highest BCUT2D eigenvalue weighted by atomic mass is 19.4. The van der Waals surface area contributed by atoms with E-state index in [2.05, 4.69) is 0 Å². The number of para-hydroxylation sites is 2. The lowest BCUT2D eigenvalue weighted by Crippen LogP contribution is -2.13. The predicted octanol–water partition coefficient (Wildman–Crippen LogP) is 9.06. The van der Waals surface area contributed by atoms with Gasteiger partial charge in [-0.15, -0.1) is 0 Å². The molecule has 0 amide bonds. The third-order valence-electron chi connectivity index (χ3n) is 7.56. The zero-order valence-corrected chi connectivity index (χ0v) is 21.6. The van der Waals surface area contributed by atoms with Gasteiger partial charge < -0.3 is 9.13 Å². The number of hydrogen-bond acceptors (Lipinski definition) is 2. The van der Waals surface area contributed by atoms with Crippen LogP contribution in [0.1, 0.15) is 16.7 Å². The summed E-state index contributed by atoms with van der Waals surface area (Å²) in [4.78, 5) is 0. The van der Waals surface area contributed by atoms with Gasteiger partial charge in [0.1, 0.15) is 17.6 Å². The van der Waals surface area contributed by atoms with Crippen LogP contribution in [0.25, 0.3) is 55.0 Å². The molecule has 0 saturated heterocycles. The van der Waals surface area contributed by atoms with Crippen LogP contribution in [-0.2, 0) is 6.18 Å². The molecule has 4 nitrogen and oxygen atoms in total. The van der Waals surface area contributed by atoms with Gasteiger partial charge >= 0.3 is 6.18 Å². The van der Waals surface area contributed by atoms with E-state index in [1.807, 2.05) is 6.07 Å². The van der Waals surface area contributed by atoms with Gasteiger partial charge in [-0.25, -0.2) is 13.2 Å². The predicted molar refractivity (Wildman–Crippen MR) is 149 cm³/mol. The molecule has 0 N–H and O–H groups in total. The molecule has 0 saturated carbocycles. The molecule has 5 aromatic carbocycles. The Kier molecular flexibility index (Phi) is 5.56. The molecule has 208 valence electrons. The summed E-state index contributed by atoms with van der Waals surface area (Å²) in [6.07, 6.45) is -4.95. The summed E-state index contributed by atoms with van der Waals surface area (Å²) in [5, 5.41) is 21.4. The van der Waals surface area contributed by atoms with E-state index in [1.165, 1.54) is 9.13 Å². The number of nitriles is 2. The third-order valence-corrected chi connectivity index (χ3v) is 7.56. The van der Waals surface area contributed by atoms with Crippen molar-refractivity contribution in [3.05, 3.63) is 119 Å². The van der Waals surface area contributed by atoms with Crippen molar-refractivity contribution in [2.45, 2.75) is 6.18 Å². The average Bonchev–Trinajstić information content (AvgIpc) is 3.48. The second kappa shape index (κ2) is 9.13. The normalized spacial score (nSPS) is 11.9. The Morgan fingerprint density at radius 3 is 1.86 bits per heavy atom. The molecule has 0 radical (unpaired) electrons. The van der Waals surface area contributed by atoms with Crippen molar-refractivity contribution in [2.75, 3.05) is 0 Å². The Bertz CT molecular complexity index is 2380. The zero-order valence-electron chi connectivity index (χ0n) is 21.6. The highest BCUT2D eigenvalue weighted by molar-refractivity contribution is 6.26. The average molecular weight is 580 g/mol. The maximum atomic E-state index is 15.2. The van der Waals surface area contributed by atoms with Gasteiger partial charge in [-0.1, -0.05) is 42.5 Å². The number of alkyl halides is 3. The lowest BCUT2D eigenvalue weighted by Gasteiger charge is -2.18. The number of benzene rings is 5. The molecule has 10 heteroatoms. The van der Waals surface area contributed by atoms with Crippen LogP contribution in [0.2, 0.25) is 0 Å². The van der Waals surface area contributed by atoms with E-state index < -0.39 is 40.6 Å². The van der Waals surface area contributed by atoms with Crippen molar-refractivity contribution in [3.8, 4) is 23.5 Å². The summed E-state index contributed by atoms with van der Waals surface area (Å²) in [6, 6.07) is 22.9. The first-order valence-electron chi connectivity index (χ1n) is 12.8. The molecular weight excluding hydrogens is 566 g/mol. The van der Waals surface area contributed by atoms with E-state index in [-0.39, 0.29) is 22.2 Å².